The first-order valence-electron chi connectivity index (χ1n) is 7.89. The predicted octanol–water partition coefficient (Wildman–Crippen LogP) is 3.21. The van der Waals surface area contributed by atoms with Crippen LogP contribution in [0.5, 0.6) is 5.75 Å². The number of nitrogens with two attached hydrogens (primary N) is 1. The van der Waals surface area contributed by atoms with Gasteiger partial charge in [-0.3, -0.25) is 0 Å². The van der Waals surface area contributed by atoms with E-state index in [1.165, 1.54) is 11.3 Å². The van der Waals surface area contributed by atoms with Crippen LogP contribution >= 0.6 is 11.3 Å². The fourth-order valence-corrected chi connectivity index (χ4v) is 3.60. The number of nitriles is 1. The Morgan fingerprint density at radius 3 is 2.85 bits per heavy atom. The minimum atomic E-state index is -0.395. The predicted molar refractivity (Wildman–Crippen MR) is 98.0 cm³/mol. The van der Waals surface area contributed by atoms with E-state index in [1.54, 1.807) is 38.1 Å². The minimum absolute atomic E-state index is 0.0600. The Kier molecular flexibility index (Phi) is 5.00. The van der Waals surface area contributed by atoms with Gasteiger partial charge in [-0.05, 0) is 31.5 Å². The maximum absolute atomic E-state index is 12.1. The topological polar surface area (TPSA) is 111 Å². The number of aromatic nitrogens is 2. The van der Waals surface area contributed by atoms with Gasteiger partial charge < -0.3 is 15.2 Å². The highest BCUT2D eigenvalue weighted by atomic mass is 32.1. The number of carbonyl (C=O) groups excluding carboxylic acids is 1. The summed E-state index contributed by atoms with van der Waals surface area (Å²) < 4.78 is 10.7. The highest BCUT2D eigenvalue weighted by Crippen LogP contribution is 2.33. The fraction of sp³-hybridized carbons (Fsp3) is 0.222. The van der Waals surface area contributed by atoms with Gasteiger partial charge in [0.25, 0.3) is 0 Å². The van der Waals surface area contributed by atoms with E-state index in [1.807, 2.05) is 0 Å². The molecule has 26 heavy (non-hydrogen) atoms. The molecule has 132 valence electrons. The summed E-state index contributed by atoms with van der Waals surface area (Å²) in [6.07, 6.45) is 0. The lowest BCUT2D eigenvalue weighted by molar-refractivity contribution is 0.0531. The normalized spacial score (nSPS) is 10.5. The van der Waals surface area contributed by atoms with E-state index in [-0.39, 0.29) is 12.4 Å². The lowest BCUT2D eigenvalue weighted by atomic mass is 10.2. The molecule has 0 aliphatic rings. The molecule has 8 heteroatoms. The van der Waals surface area contributed by atoms with Crippen LogP contribution in [0.3, 0.4) is 0 Å². The van der Waals surface area contributed by atoms with Crippen LogP contribution in [0.2, 0.25) is 0 Å². The quantitative estimate of drug-likeness (QED) is 0.688. The first-order chi connectivity index (χ1) is 12.5. The number of fused-ring (bicyclic) bond motifs is 1. The van der Waals surface area contributed by atoms with Gasteiger partial charge in [-0.1, -0.05) is 12.1 Å². The Morgan fingerprint density at radius 1 is 1.35 bits per heavy atom. The second-order valence-electron chi connectivity index (χ2n) is 5.38. The van der Waals surface area contributed by atoms with Crippen LogP contribution in [0, 0.1) is 18.3 Å². The van der Waals surface area contributed by atoms with Gasteiger partial charge in [0, 0.05) is 0 Å². The molecule has 0 unspecified atom stereocenters. The Bertz CT molecular complexity index is 1020. The average molecular weight is 368 g/mol. The average Bonchev–Trinajstić information content (AvgIpc) is 2.97. The van der Waals surface area contributed by atoms with Crippen molar-refractivity contribution in [2.45, 2.75) is 20.5 Å². The lowest BCUT2D eigenvalue weighted by Crippen LogP contribution is -2.05. The molecule has 3 rings (SSSR count). The van der Waals surface area contributed by atoms with Crippen LogP contribution in [-0.4, -0.2) is 22.5 Å². The number of hydrogen-bond donors (Lipinski definition) is 1. The molecule has 0 atom stereocenters. The maximum atomic E-state index is 12.1. The molecule has 0 saturated heterocycles. The summed E-state index contributed by atoms with van der Waals surface area (Å²) in [5.41, 5.74) is 7.21. The number of aryl methyl sites for hydroxylation is 1. The molecular weight excluding hydrogens is 352 g/mol. The first kappa shape index (κ1) is 17.6. The molecule has 1 aromatic carbocycles. The summed E-state index contributed by atoms with van der Waals surface area (Å²) in [6.45, 7) is 3.91. The number of nitrogens with zero attached hydrogens (tertiary/aromatic N) is 3. The van der Waals surface area contributed by atoms with E-state index in [0.29, 0.717) is 44.4 Å². The third-order valence-corrected chi connectivity index (χ3v) is 4.86. The van der Waals surface area contributed by atoms with Crippen molar-refractivity contribution in [1.82, 2.24) is 9.97 Å². The van der Waals surface area contributed by atoms with Crippen molar-refractivity contribution in [2.24, 2.45) is 0 Å². The minimum Gasteiger partial charge on any atom is -0.484 e. The Balaban J connectivity index is 1.91. The van der Waals surface area contributed by atoms with Gasteiger partial charge in [0.05, 0.1) is 17.6 Å². The zero-order valence-corrected chi connectivity index (χ0v) is 15.1. The third-order valence-electron chi connectivity index (χ3n) is 3.69. The van der Waals surface area contributed by atoms with Crippen LogP contribution in [0.4, 0.5) is 5.82 Å². The van der Waals surface area contributed by atoms with Crippen molar-refractivity contribution in [3.8, 4) is 11.8 Å². The fourth-order valence-electron chi connectivity index (χ4n) is 2.50. The second-order valence-corrected chi connectivity index (χ2v) is 6.38. The molecule has 0 amide bonds. The van der Waals surface area contributed by atoms with Crippen LogP contribution in [0.1, 0.15) is 33.5 Å². The second kappa shape index (κ2) is 7.37. The van der Waals surface area contributed by atoms with E-state index in [9.17, 15) is 4.79 Å². The molecule has 2 N–H and O–H groups in total. The first-order valence-corrected chi connectivity index (χ1v) is 8.71. The third kappa shape index (κ3) is 3.30. The van der Waals surface area contributed by atoms with Gasteiger partial charge in [-0.15, -0.1) is 11.3 Å². The number of rotatable bonds is 5. The molecule has 7 nitrogen and oxygen atoms in total. The van der Waals surface area contributed by atoms with Gasteiger partial charge in [0.1, 0.15) is 34.0 Å². The number of ether oxygens (including phenoxy) is 2. The monoisotopic (exact) mass is 368 g/mol. The highest BCUT2D eigenvalue weighted by molar-refractivity contribution is 7.20. The van der Waals surface area contributed by atoms with Gasteiger partial charge in [-0.2, -0.15) is 5.26 Å². The van der Waals surface area contributed by atoms with E-state index in [0.717, 1.165) is 0 Å². The number of anilines is 1. The van der Waals surface area contributed by atoms with Gasteiger partial charge in [-0.25, -0.2) is 14.8 Å². The molecule has 2 aromatic heterocycles. The van der Waals surface area contributed by atoms with Crippen molar-refractivity contribution in [3.05, 3.63) is 46.1 Å². The van der Waals surface area contributed by atoms with Crippen LogP contribution in [-0.2, 0) is 11.3 Å². The summed E-state index contributed by atoms with van der Waals surface area (Å²) in [6, 6.07) is 8.98. The Hall–Kier alpha value is -3.18. The summed E-state index contributed by atoms with van der Waals surface area (Å²) in [5.74, 6) is 0.714. The molecule has 0 spiro atoms. The number of nitrogen functional groups attached to an aromatic ring is 1. The molecule has 0 fully saturated rings. The molecular formula is C18H16N4O3S. The van der Waals surface area contributed by atoms with Crippen molar-refractivity contribution in [2.75, 3.05) is 12.3 Å². The van der Waals surface area contributed by atoms with Crippen molar-refractivity contribution < 1.29 is 14.3 Å². The molecule has 3 aromatic rings. The Morgan fingerprint density at radius 2 is 2.12 bits per heavy atom. The highest BCUT2D eigenvalue weighted by Gasteiger charge is 2.20. The smallest absolute Gasteiger partial charge is 0.348 e. The summed E-state index contributed by atoms with van der Waals surface area (Å²) >= 11 is 1.22. The van der Waals surface area contributed by atoms with Crippen molar-refractivity contribution in [1.29, 1.82) is 5.26 Å². The summed E-state index contributed by atoms with van der Waals surface area (Å²) in [4.78, 5) is 21.8. The van der Waals surface area contributed by atoms with Gasteiger partial charge in [0.15, 0.2) is 5.82 Å². The van der Waals surface area contributed by atoms with E-state index in [2.05, 4.69) is 16.0 Å². The molecule has 0 radical (unpaired) electrons. The van der Waals surface area contributed by atoms with Crippen molar-refractivity contribution >= 4 is 33.3 Å². The van der Waals surface area contributed by atoms with Gasteiger partial charge in [0.2, 0.25) is 0 Å². The molecule has 0 aliphatic carbocycles. The number of esters is 1. The zero-order chi connectivity index (χ0) is 18.7. The number of para-hydroxylation sites is 1. The number of hydrogen-bond acceptors (Lipinski definition) is 8. The van der Waals surface area contributed by atoms with E-state index in [4.69, 9.17) is 20.5 Å². The molecule has 0 saturated carbocycles. The number of thiophene rings is 1. The molecule has 0 aliphatic heterocycles. The Labute approximate surface area is 154 Å². The number of carbonyl (C=O) groups is 1. The van der Waals surface area contributed by atoms with Crippen LogP contribution in [0.15, 0.2) is 24.3 Å². The standard InChI is InChI=1S/C18H16N4O3S/c1-3-24-18(23)15-10(2)14-16(20)21-13(22-17(14)26-15)9-25-12-7-5-4-6-11(12)8-19/h4-7H,3,9H2,1-2H3,(H2,20,21,22). The zero-order valence-electron chi connectivity index (χ0n) is 14.3. The largest absolute Gasteiger partial charge is 0.484 e. The van der Waals surface area contributed by atoms with Gasteiger partial charge >= 0.3 is 5.97 Å². The summed E-state index contributed by atoms with van der Waals surface area (Å²) in [7, 11) is 0. The lowest BCUT2D eigenvalue weighted by Gasteiger charge is -2.07. The molecule has 2 heterocycles. The van der Waals surface area contributed by atoms with E-state index < -0.39 is 5.97 Å². The number of benzene rings is 1. The maximum Gasteiger partial charge on any atom is 0.348 e. The van der Waals surface area contributed by atoms with Crippen molar-refractivity contribution in [3.63, 3.8) is 0 Å². The van der Waals surface area contributed by atoms with Crippen LogP contribution in [0.25, 0.3) is 10.2 Å². The molecule has 0 bridgehead atoms. The van der Waals surface area contributed by atoms with E-state index >= 15 is 0 Å². The summed E-state index contributed by atoms with van der Waals surface area (Å²) in [5, 5.41) is 9.76. The SMILES string of the molecule is CCOC(=O)c1sc2nc(COc3ccccc3C#N)nc(N)c2c1C. The van der Waals surface area contributed by atoms with Crippen LogP contribution < -0.4 is 10.5 Å².